The number of nitrogens with zero attached hydrogens (tertiary/aromatic N) is 3. The Morgan fingerprint density at radius 3 is 2.67 bits per heavy atom. The van der Waals surface area contributed by atoms with Crippen LogP contribution in [0.5, 0.6) is 5.88 Å². The van der Waals surface area contributed by atoms with Crippen LogP contribution < -0.4 is 4.74 Å². The Bertz CT molecular complexity index is 497. The summed E-state index contributed by atoms with van der Waals surface area (Å²) >= 11 is 0. The summed E-state index contributed by atoms with van der Waals surface area (Å²) < 4.78 is 4.82. The first-order valence-electron chi connectivity index (χ1n) is 5.04. The lowest BCUT2D eigenvalue weighted by atomic mass is 10.3. The molecule has 0 saturated carbocycles. The summed E-state index contributed by atoms with van der Waals surface area (Å²) in [6.07, 6.45) is 2.79. The van der Waals surface area contributed by atoms with Crippen molar-refractivity contribution in [2.45, 2.75) is 0 Å². The highest BCUT2D eigenvalue weighted by Crippen LogP contribution is 2.24. The van der Waals surface area contributed by atoms with E-state index in [1.807, 2.05) is 0 Å². The van der Waals surface area contributed by atoms with E-state index in [9.17, 15) is 14.9 Å². The van der Waals surface area contributed by atoms with Gasteiger partial charge in [0.25, 0.3) is 5.88 Å². The Morgan fingerprint density at radius 1 is 1.50 bits per heavy atom. The summed E-state index contributed by atoms with van der Waals surface area (Å²) in [6.45, 7) is 0. The first-order chi connectivity index (χ1) is 8.45. The molecule has 0 N–H and O–H groups in total. The van der Waals surface area contributed by atoms with Crippen LogP contribution in [0.1, 0.15) is 5.69 Å². The molecule has 7 nitrogen and oxygen atoms in total. The van der Waals surface area contributed by atoms with Crippen molar-refractivity contribution in [3.8, 4) is 5.88 Å². The maximum Gasteiger partial charge on any atom is 0.330 e. The summed E-state index contributed by atoms with van der Waals surface area (Å²) in [5.41, 5.74) is 0.196. The molecule has 1 rings (SSSR count). The van der Waals surface area contributed by atoms with Gasteiger partial charge in [-0.25, -0.2) is 4.98 Å². The highest BCUT2D eigenvalue weighted by Gasteiger charge is 2.15. The van der Waals surface area contributed by atoms with E-state index in [2.05, 4.69) is 4.98 Å². The second kappa shape index (κ2) is 5.76. The summed E-state index contributed by atoms with van der Waals surface area (Å²) in [4.78, 5) is 26.7. The molecule has 18 heavy (non-hydrogen) atoms. The minimum atomic E-state index is -0.579. The number of carbonyl (C=O) groups is 1. The van der Waals surface area contributed by atoms with E-state index in [4.69, 9.17) is 4.74 Å². The molecule has 0 aliphatic carbocycles. The molecule has 1 aromatic rings. The van der Waals surface area contributed by atoms with E-state index in [1.165, 1.54) is 36.3 Å². The van der Waals surface area contributed by atoms with E-state index in [0.717, 1.165) is 0 Å². The van der Waals surface area contributed by atoms with Crippen molar-refractivity contribution in [3.63, 3.8) is 0 Å². The number of likely N-dealkylation sites (N-methyl/N-ethyl adjacent to an activating group) is 1. The molecule has 0 spiro atoms. The molecule has 1 heterocycles. The Morgan fingerprint density at radius 2 is 2.17 bits per heavy atom. The fraction of sp³-hybridized carbons (Fsp3) is 0.273. The molecular formula is C11H13N3O4. The summed E-state index contributed by atoms with van der Waals surface area (Å²) in [5.74, 6) is -0.284. The second-order valence-corrected chi connectivity index (χ2v) is 3.59. The molecule has 0 aromatic carbocycles. The molecular weight excluding hydrogens is 238 g/mol. The SMILES string of the molecule is COc1nc(/C=C/C(=O)N(C)C)ccc1[N+](=O)[O-]. The van der Waals surface area contributed by atoms with Crippen LogP contribution in [0.4, 0.5) is 5.69 Å². The number of aromatic nitrogens is 1. The van der Waals surface area contributed by atoms with E-state index >= 15 is 0 Å². The number of nitro groups is 1. The lowest BCUT2D eigenvalue weighted by molar-refractivity contribution is -0.386. The van der Waals surface area contributed by atoms with Crippen LogP contribution in [0.15, 0.2) is 18.2 Å². The third-order valence-corrected chi connectivity index (χ3v) is 2.09. The number of pyridine rings is 1. The van der Waals surface area contributed by atoms with E-state index in [0.29, 0.717) is 5.69 Å². The molecule has 1 aromatic heterocycles. The van der Waals surface area contributed by atoms with Crippen LogP contribution in [-0.2, 0) is 4.79 Å². The van der Waals surface area contributed by atoms with Crippen molar-refractivity contribution in [3.05, 3.63) is 34.0 Å². The molecule has 0 radical (unpaired) electrons. The highest BCUT2D eigenvalue weighted by molar-refractivity contribution is 5.91. The monoisotopic (exact) mass is 251 g/mol. The van der Waals surface area contributed by atoms with Crippen LogP contribution in [0, 0.1) is 10.1 Å². The van der Waals surface area contributed by atoms with Gasteiger partial charge >= 0.3 is 5.69 Å². The number of hydrogen-bond donors (Lipinski definition) is 0. The molecule has 0 fully saturated rings. The average molecular weight is 251 g/mol. The predicted molar refractivity (Wildman–Crippen MR) is 65.2 cm³/mol. The lowest BCUT2D eigenvalue weighted by Crippen LogP contribution is -2.18. The summed E-state index contributed by atoms with van der Waals surface area (Å²) in [5, 5.41) is 10.7. The van der Waals surface area contributed by atoms with Crippen molar-refractivity contribution in [2.75, 3.05) is 21.2 Å². The van der Waals surface area contributed by atoms with Crippen molar-refractivity contribution in [1.29, 1.82) is 0 Å². The Labute approximate surface area is 104 Å². The standard InChI is InChI=1S/C11H13N3O4/c1-13(2)10(15)7-5-8-4-6-9(14(16)17)11(12-8)18-3/h4-7H,1-3H3/b7-5+. The fourth-order valence-electron chi connectivity index (χ4n) is 1.14. The van der Waals surface area contributed by atoms with Crippen molar-refractivity contribution in [1.82, 2.24) is 9.88 Å². The van der Waals surface area contributed by atoms with Gasteiger partial charge in [0.2, 0.25) is 5.91 Å². The Balaban J connectivity index is 2.99. The van der Waals surface area contributed by atoms with Gasteiger partial charge in [0.15, 0.2) is 0 Å². The number of carbonyl (C=O) groups excluding carboxylic acids is 1. The molecule has 0 atom stereocenters. The largest absolute Gasteiger partial charge is 0.476 e. The maximum absolute atomic E-state index is 11.3. The summed E-state index contributed by atoms with van der Waals surface area (Å²) in [6, 6.07) is 2.73. The smallest absolute Gasteiger partial charge is 0.330 e. The van der Waals surface area contributed by atoms with Gasteiger partial charge in [0, 0.05) is 26.2 Å². The van der Waals surface area contributed by atoms with Gasteiger partial charge in [-0.2, -0.15) is 0 Å². The lowest BCUT2D eigenvalue weighted by Gasteiger charge is -2.05. The molecule has 1 amide bonds. The zero-order valence-electron chi connectivity index (χ0n) is 10.3. The Hall–Kier alpha value is -2.44. The third-order valence-electron chi connectivity index (χ3n) is 2.09. The topological polar surface area (TPSA) is 85.6 Å². The van der Waals surface area contributed by atoms with Crippen LogP contribution in [-0.4, -0.2) is 41.9 Å². The van der Waals surface area contributed by atoms with E-state index in [1.54, 1.807) is 14.1 Å². The van der Waals surface area contributed by atoms with Gasteiger partial charge in [0.05, 0.1) is 17.7 Å². The van der Waals surface area contributed by atoms with Crippen molar-refractivity contribution < 1.29 is 14.5 Å². The Kier molecular flexibility index (Phi) is 4.36. The first kappa shape index (κ1) is 13.6. The molecule has 0 unspecified atom stereocenters. The second-order valence-electron chi connectivity index (χ2n) is 3.59. The van der Waals surface area contributed by atoms with Crippen LogP contribution >= 0.6 is 0 Å². The number of hydrogen-bond acceptors (Lipinski definition) is 5. The van der Waals surface area contributed by atoms with Gasteiger partial charge in [-0.3, -0.25) is 14.9 Å². The predicted octanol–water partition coefficient (Wildman–Crippen LogP) is 1.10. The summed E-state index contributed by atoms with van der Waals surface area (Å²) in [7, 11) is 4.54. The van der Waals surface area contributed by atoms with Crippen LogP contribution in [0.2, 0.25) is 0 Å². The first-order valence-corrected chi connectivity index (χ1v) is 5.04. The molecule has 0 aliphatic rings. The van der Waals surface area contributed by atoms with Gasteiger partial charge in [0.1, 0.15) is 0 Å². The van der Waals surface area contributed by atoms with Gasteiger partial charge in [-0.1, -0.05) is 0 Å². The number of amides is 1. The maximum atomic E-state index is 11.3. The van der Waals surface area contributed by atoms with Crippen LogP contribution in [0.3, 0.4) is 0 Å². The van der Waals surface area contributed by atoms with Crippen molar-refractivity contribution in [2.24, 2.45) is 0 Å². The number of methoxy groups -OCH3 is 1. The molecule has 7 heteroatoms. The van der Waals surface area contributed by atoms with Gasteiger partial charge in [-0.15, -0.1) is 0 Å². The third kappa shape index (κ3) is 3.27. The fourth-order valence-corrected chi connectivity index (χ4v) is 1.14. The van der Waals surface area contributed by atoms with E-state index < -0.39 is 4.92 Å². The minimum absolute atomic E-state index is 0.0838. The van der Waals surface area contributed by atoms with Gasteiger partial charge < -0.3 is 9.64 Å². The van der Waals surface area contributed by atoms with Crippen molar-refractivity contribution >= 4 is 17.7 Å². The normalized spacial score (nSPS) is 10.4. The molecule has 96 valence electrons. The minimum Gasteiger partial charge on any atom is -0.476 e. The quantitative estimate of drug-likeness (QED) is 0.454. The number of ether oxygens (including phenoxy) is 1. The highest BCUT2D eigenvalue weighted by atomic mass is 16.6. The molecule has 0 saturated heterocycles. The molecule has 0 bridgehead atoms. The van der Waals surface area contributed by atoms with Crippen LogP contribution in [0.25, 0.3) is 6.08 Å². The average Bonchev–Trinajstić information content (AvgIpc) is 2.34. The molecule has 0 aliphatic heterocycles. The van der Waals surface area contributed by atoms with E-state index in [-0.39, 0.29) is 17.5 Å². The van der Waals surface area contributed by atoms with Gasteiger partial charge in [-0.05, 0) is 12.1 Å². The zero-order valence-corrected chi connectivity index (χ0v) is 10.3. The zero-order chi connectivity index (χ0) is 13.7. The number of rotatable bonds is 4.